The third-order valence-corrected chi connectivity index (χ3v) is 1.97. The van der Waals surface area contributed by atoms with Crippen molar-refractivity contribution in [3.63, 3.8) is 0 Å². The van der Waals surface area contributed by atoms with Gasteiger partial charge in [-0.3, -0.25) is 10.1 Å². The quantitative estimate of drug-likeness (QED) is 0.359. The first-order valence-electron chi connectivity index (χ1n) is 3.84. The van der Waals surface area contributed by atoms with Crippen LogP contribution in [0.1, 0.15) is 17.7 Å². The predicted molar refractivity (Wildman–Crippen MR) is 45.9 cm³/mol. The fourth-order valence-corrected chi connectivity index (χ4v) is 1.23. The summed E-state index contributed by atoms with van der Waals surface area (Å²) in [7, 11) is 0. The summed E-state index contributed by atoms with van der Waals surface area (Å²) in [6, 6.07) is -0.0587. The summed E-state index contributed by atoms with van der Waals surface area (Å²) in [5.41, 5.74) is -4.68. The van der Waals surface area contributed by atoms with Crippen molar-refractivity contribution in [2.45, 2.75) is 12.6 Å². The molecule has 0 N–H and O–H groups in total. The third kappa shape index (κ3) is 2.78. The lowest BCUT2D eigenvalue weighted by molar-refractivity contribution is -0.385. The zero-order valence-corrected chi connectivity index (χ0v) is 8.39. The topological polar surface area (TPSA) is 56.0 Å². The lowest BCUT2D eigenvalue weighted by Gasteiger charge is -2.11. The van der Waals surface area contributed by atoms with Gasteiger partial charge in [-0.1, -0.05) is 11.6 Å². The van der Waals surface area contributed by atoms with Crippen LogP contribution in [0.2, 0.25) is 5.15 Å². The highest BCUT2D eigenvalue weighted by atomic mass is 35.5. The molecule has 0 amide bonds. The van der Waals surface area contributed by atoms with Crippen molar-refractivity contribution in [2.24, 2.45) is 0 Å². The summed E-state index contributed by atoms with van der Waals surface area (Å²) in [5.74, 6) is 0. The van der Waals surface area contributed by atoms with E-state index in [1.165, 1.54) is 0 Å². The van der Waals surface area contributed by atoms with E-state index in [9.17, 15) is 32.1 Å². The molecule has 0 aliphatic heterocycles. The van der Waals surface area contributed by atoms with Crippen molar-refractivity contribution < 1.29 is 26.9 Å². The van der Waals surface area contributed by atoms with E-state index in [4.69, 9.17) is 11.6 Å². The molecule has 1 rings (SSSR count). The standard InChI is InChI=1S/C7H2ClF5N2O2/c8-5-3(15(16)17)1-2(7(11,12)13)4(14-5)6(9)10/h1,6H. The van der Waals surface area contributed by atoms with Gasteiger partial charge in [0.1, 0.15) is 5.69 Å². The molecule has 0 atom stereocenters. The van der Waals surface area contributed by atoms with Crippen LogP contribution in [0, 0.1) is 10.1 Å². The Morgan fingerprint density at radius 3 is 2.29 bits per heavy atom. The molecule has 1 aromatic rings. The number of nitro groups is 1. The van der Waals surface area contributed by atoms with Crippen LogP contribution in [0.3, 0.4) is 0 Å². The molecular formula is C7H2ClF5N2O2. The second-order valence-electron chi connectivity index (χ2n) is 2.79. The van der Waals surface area contributed by atoms with E-state index >= 15 is 0 Å². The molecule has 0 saturated heterocycles. The van der Waals surface area contributed by atoms with Gasteiger partial charge >= 0.3 is 11.9 Å². The van der Waals surface area contributed by atoms with E-state index in [0.717, 1.165) is 0 Å². The Hall–Kier alpha value is -1.51. The minimum Gasteiger partial charge on any atom is -0.258 e. The Morgan fingerprint density at radius 1 is 1.41 bits per heavy atom. The monoisotopic (exact) mass is 276 g/mol. The van der Waals surface area contributed by atoms with Crippen molar-refractivity contribution in [3.05, 3.63) is 32.6 Å². The van der Waals surface area contributed by atoms with Crippen molar-refractivity contribution in [1.82, 2.24) is 4.98 Å². The van der Waals surface area contributed by atoms with Crippen molar-refractivity contribution in [2.75, 3.05) is 0 Å². The van der Waals surface area contributed by atoms with Crippen LogP contribution in [0.4, 0.5) is 27.6 Å². The minimum absolute atomic E-state index is 0.0587. The molecule has 1 aromatic heterocycles. The summed E-state index contributed by atoms with van der Waals surface area (Å²) < 4.78 is 61.6. The SMILES string of the molecule is O=[N+]([O-])c1cc(C(F)(F)F)c(C(F)F)nc1Cl. The third-order valence-electron chi connectivity index (χ3n) is 1.70. The molecule has 0 unspecified atom stereocenters. The lowest BCUT2D eigenvalue weighted by atomic mass is 10.1. The van der Waals surface area contributed by atoms with Gasteiger partial charge in [0, 0.05) is 6.07 Å². The van der Waals surface area contributed by atoms with Gasteiger partial charge in [0.2, 0.25) is 5.15 Å². The van der Waals surface area contributed by atoms with Crippen molar-refractivity contribution in [1.29, 1.82) is 0 Å². The Kier molecular flexibility index (Phi) is 3.51. The molecule has 0 saturated carbocycles. The number of alkyl halides is 5. The fourth-order valence-electron chi connectivity index (χ4n) is 1.01. The highest BCUT2D eigenvalue weighted by Crippen LogP contribution is 2.39. The predicted octanol–water partition coefficient (Wildman–Crippen LogP) is 3.60. The molecule has 0 aliphatic rings. The van der Waals surface area contributed by atoms with E-state index in [2.05, 4.69) is 4.98 Å². The number of nitrogens with zero attached hydrogens (tertiary/aromatic N) is 2. The van der Waals surface area contributed by atoms with Gasteiger partial charge in [-0.05, 0) is 0 Å². The van der Waals surface area contributed by atoms with Gasteiger partial charge in [-0.15, -0.1) is 0 Å². The Balaban J connectivity index is 3.54. The number of hydrogen-bond acceptors (Lipinski definition) is 3. The van der Waals surface area contributed by atoms with Gasteiger partial charge in [0.15, 0.2) is 0 Å². The zero-order valence-electron chi connectivity index (χ0n) is 7.63. The molecule has 0 fully saturated rings. The lowest BCUT2D eigenvalue weighted by Crippen LogP contribution is -2.12. The average molecular weight is 277 g/mol. The zero-order chi connectivity index (χ0) is 13.4. The van der Waals surface area contributed by atoms with E-state index in [1.54, 1.807) is 0 Å². The summed E-state index contributed by atoms with van der Waals surface area (Å²) >= 11 is 5.14. The minimum atomic E-state index is -5.17. The molecule has 94 valence electrons. The molecule has 0 aromatic carbocycles. The maximum atomic E-state index is 12.3. The second kappa shape index (κ2) is 4.40. The Labute approximate surface area is 95.2 Å². The number of halogens is 6. The highest BCUT2D eigenvalue weighted by Gasteiger charge is 2.39. The normalized spacial score (nSPS) is 11.9. The number of aromatic nitrogens is 1. The van der Waals surface area contributed by atoms with Gasteiger partial charge in [-0.2, -0.15) is 13.2 Å². The van der Waals surface area contributed by atoms with Gasteiger partial charge in [0.05, 0.1) is 10.5 Å². The largest absolute Gasteiger partial charge is 0.418 e. The molecule has 0 bridgehead atoms. The van der Waals surface area contributed by atoms with Crippen LogP contribution < -0.4 is 0 Å². The average Bonchev–Trinajstić information content (AvgIpc) is 2.14. The molecule has 17 heavy (non-hydrogen) atoms. The maximum absolute atomic E-state index is 12.3. The van der Waals surface area contributed by atoms with Crippen LogP contribution >= 0.6 is 11.6 Å². The summed E-state index contributed by atoms with van der Waals surface area (Å²) in [4.78, 5) is 11.8. The molecule has 4 nitrogen and oxygen atoms in total. The second-order valence-corrected chi connectivity index (χ2v) is 3.14. The first kappa shape index (κ1) is 13.6. The van der Waals surface area contributed by atoms with Crippen LogP contribution in [-0.4, -0.2) is 9.91 Å². The van der Waals surface area contributed by atoms with E-state index in [-0.39, 0.29) is 6.07 Å². The van der Waals surface area contributed by atoms with Crippen LogP contribution in [0.5, 0.6) is 0 Å². The Morgan fingerprint density at radius 2 is 1.94 bits per heavy atom. The molecule has 0 aliphatic carbocycles. The first-order chi connectivity index (χ1) is 7.64. The van der Waals surface area contributed by atoms with E-state index in [1.807, 2.05) is 0 Å². The van der Waals surface area contributed by atoms with E-state index in [0.29, 0.717) is 0 Å². The summed E-state index contributed by atoms with van der Waals surface area (Å²) in [5, 5.41) is 9.29. The molecule has 0 spiro atoms. The van der Waals surface area contributed by atoms with E-state index < -0.39 is 39.6 Å². The van der Waals surface area contributed by atoms with Crippen LogP contribution in [-0.2, 0) is 6.18 Å². The van der Waals surface area contributed by atoms with Crippen LogP contribution in [0.25, 0.3) is 0 Å². The van der Waals surface area contributed by atoms with Gasteiger partial charge in [0.25, 0.3) is 6.43 Å². The maximum Gasteiger partial charge on any atom is 0.418 e. The fraction of sp³-hybridized carbons (Fsp3) is 0.286. The highest BCUT2D eigenvalue weighted by molar-refractivity contribution is 6.31. The van der Waals surface area contributed by atoms with Crippen LogP contribution in [0.15, 0.2) is 6.07 Å². The molecule has 1 heterocycles. The first-order valence-corrected chi connectivity index (χ1v) is 4.22. The molecular weight excluding hydrogens is 275 g/mol. The van der Waals surface area contributed by atoms with Crippen molar-refractivity contribution >= 4 is 17.3 Å². The van der Waals surface area contributed by atoms with Crippen molar-refractivity contribution in [3.8, 4) is 0 Å². The smallest absolute Gasteiger partial charge is 0.258 e. The van der Waals surface area contributed by atoms with Gasteiger partial charge < -0.3 is 0 Å². The van der Waals surface area contributed by atoms with Gasteiger partial charge in [-0.25, -0.2) is 13.8 Å². The summed E-state index contributed by atoms with van der Waals surface area (Å²) in [6.07, 6.45) is -8.71. The molecule has 10 heteroatoms. The number of hydrogen-bond donors (Lipinski definition) is 0. The number of pyridine rings is 1. The molecule has 0 radical (unpaired) electrons. The Bertz CT molecular complexity index is 462. The summed E-state index contributed by atoms with van der Waals surface area (Å²) in [6.45, 7) is 0. The number of rotatable bonds is 2.